The van der Waals surface area contributed by atoms with Gasteiger partial charge in [0.15, 0.2) is 0 Å². The molecular weight excluding hydrogens is 439 g/mol. The lowest BCUT2D eigenvalue weighted by molar-refractivity contribution is -0.274. The van der Waals surface area contributed by atoms with E-state index in [1.807, 2.05) is 0 Å². The second-order valence-corrected chi connectivity index (χ2v) is 7.36. The second-order valence-electron chi connectivity index (χ2n) is 6.92. The van der Waals surface area contributed by atoms with Crippen LogP contribution in [0, 0.1) is 0 Å². The molecule has 1 heterocycles. The number of imide groups is 1. The van der Waals surface area contributed by atoms with Crippen LogP contribution in [0.3, 0.4) is 0 Å². The minimum Gasteiger partial charge on any atom is -0.406 e. The molecule has 2 aromatic rings. The van der Waals surface area contributed by atoms with Gasteiger partial charge in [0.25, 0.3) is 5.91 Å². The van der Waals surface area contributed by atoms with Crippen molar-refractivity contribution >= 4 is 29.4 Å². The number of nitrogens with one attached hydrogen (secondary N) is 2. The first-order valence-electron chi connectivity index (χ1n) is 8.99. The molecule has 7 nitrogen and oxygen atoms in total. The van der Waals surface area contributed by atoms with Crippen LogP contribution in [0.2, 0.25) is 5.02 Å². The van der Waals surface area contributed by atoms with Crippen molar-refractivity contribution in [3.8, 4) is 5.75 Å². The van der Waals surface area contributed by atoms with Gasteiger partial charge in [0.2, 0.25) is 5.91 Å². The molecule has 1 fully saturated rings. The number of amides is 4. The Labute approximate surface area is 180 Å². The highest BCUT2D eigenvalue weighted by atomic mass is 35.5. The summed E-state index contributed by atoms with van der Waals surface area (Å²) < 4.78 is 40.7. The topological polar surface area (TPSA) is 87.7 Å². The Morgan fingerprint density at radius 3 is 2.32 bits per heavy atom. The summed E-state index contributed by atoms with van der Waals surface area (Å²) in [5.74, 6) is -1.73. The maximum absolute atomic E-state index is 12.8. The van der Waals surface area contributed by atoms with Crippen LogP contribution in [0.15, 0.2) is 48.5 Å². The number of carbonyl (C=O) groups excluding carboxylic acids is 3. The Morgan fingerprint density at radius 1 is 1.13 bits per heavy atom. The van der Waals surface area contributed by atoms with Crippen molar-refractivity contribution in [1.29, 1.82) is 0 Å². The molecule has 1 saturated heterocycles. The Kier molecular flexibility index (Phi) is 6.12. The van der Waals surface area contributed by atoms with Crippen molar-refractivity contribution < 1.29 is 32.3 Å². The van der Waals surface area contributed by atoms with Crippen LogP contribution in [-0.4, -0.2) is 35.7 Å². The van der Waals surface area contributed by atoms with Gasteiger partial charge in [0, 0.05) is 11.6 Å². The van der Waals surface area contributed by atoms with Gasteiger partial charge in [-0.3, -0.25) is 14.5 Å². The number of hydrogen-bond acceptors (Lipinski definition) is 4. The molecule has 2 aromatic carbocycles. The zero-order chi connectivity index (χ0) is 22.8. The van der Waals surface area contributed by atoms with Gasteiger partial charge in [-0.05, 0) is 42.3 Å². The third-order valence-corrected chi connectivity index (χ3v) is 4.90. The van der Waals surface area contributed by atoms with Crippen LogP contribution in [-0.2, 0) is 21.7 Å². The predicted octanol–water partition coefficient (Wildman–Crippen LogP) is 3.32. The monoisotopic (exact) mass is 455 g/mol. The van der Waals surface area contributed by atoms with Crippen LogP contribution < -0.4 is 15.4 Å². The van der Waals surface area contributed by atoms with E-state index in [1.165, 1.54) is 19.1 Å². The molecule has 11 heteroatoms. The Balaban J connectivity index is 1.65. The highest BCUT2D eigenvalue weighted by Crippen LogP contribution is 2.31. The van der Waals surface area contributed by atoms with Gasteiger partial charge in [-0.25, -0.2) is 4.79 Å². The van der Waals surface area contributed by atoms with Gasteiger partial charge in [-0.2, -0.15) is 0 Å². The van der Waals surface area contributed by atoms with Crippen LogP contribution in [0.1, 0.15) is 18.1 Å². The van der Waals surface area contributed by atoms with E-state index in [1.54, 1.807) is 24.3 Å². The standard InChI is InChI=1S/C20H17ClF3N3O4/c1-19(13-4-8-15(9-5-13)31-20(22,23)24)17(29)27(18(30)26-19)11-16(28)25-10-12-2-6-14(21)7-3-12/h2-9H,10-11H2,1H3,(H,25,28)(H,26,30)/t19-/m0/s1. The summed E-state index contributed by atoms with van der Waals surface area (Å²) in [5.41, 5.74) is -0.519. The van der Waals surface area contributed by atoms with Crippen LogP contribution >= 0.6 is 11.6 Å². The van der Waals surface area contributed by atoms with Crippen LogP contribution in [0.5, 0.6) is 5.75 Å². The maximum atomic E-state index is 12.8. The van der Waals surface area contributed by atoms with Crippen molar-refractivity contribution in [2.24, 2.45) is 0 Å². The number of alkyl halides is 3. The van der Waals surface area contributed by atoms with Crippen molar-refractivity contribution in [2.75, 3.05) is 6.54 Å². The zero-order valence-corrected chi connectivity index (χ0v) is 16.9. The number of benzene rings is 2. The van der Waals surface area contributed by atoms with Crippen molar-refractivity contribution in [1.82, 2.24) is 15.5 Å². The lowest BCUT2D eigenvalue weighted by Gasteiger charge is -2.22. The van der Waals surface area contributed by atoms with Gasteiger partial charge in [-0.1, -0.05) is 35.9 Å². The van der Waals surface area contributed by atoms with E-state index in [2.05, 4.69) is 15.4 Å². The van der Waals surface area contributed by atoms with Gasteiger partial charge in [0.05, 0.1) is 0 Å². The summed E-state index contributed by atoms with van der Waals surface area (Å²) in [4.78, 5) is 38.1. The molecule has 0 spiro atoms. The fourth-order valence-electron chi connectivity index (χ4n) is 3.03. The van der Waals surface area contributed by atoms with Crippen LogP contribution in [0.25, 0.3) is 0 Å². The Hall–Kier alpha value is -3.27. The molecule has 1 aliphatic rings. The molecule has 0 unspecified atom stereocenters. The number of urea groups is 1. The average Bonchev–Trinajstić information content (AvgIpc) is 2.91. The molecule has 0 radical (unpaired) electrons. The minimum absolute atomic E-state index is 0.178. The summed E-state index contributed by atoms with van der Waals surface area (Å²) >= 11 is 5.80. The van der Waals surface area contributed by atoms with Gasteiger partial charge in [-0.15, -0.1) is 13.2 Å². The maximum Gasteiger partial charge on any atom is 0.573 e. The molecular formula is C20H17ClF3N3O4. The largest absolute Gasteiger partial charge is 0.573 e. The van der Waals surface area contributed by atoms with E-state index in [0.29, 0.717) is 5.02 Å². The summed E-state index contributed by atoms with van der Waals surface area (Å²) in [5, 5.41) is 5.63. The van der Waals surface area contributed by atoms with Crippen molar-refractivity contribution in [3.63, 3.8) is 0 Å². The molecule has 164 valence electrons. The third-order valence-electron chi connectivity index (χ3n) is 4.64. The SMILES string of the molecule is C[C@@]1(c2ccc(OC(F)(F)F)cc2)NC(=O)N(CC(=O)NCc2ccc(Cl)cc2)C1=O. The number of halogens is 4. The first-order chi connectivity index (χ1) is 14.5. The summed E-state index contributed by atoms with van der Waals surface area (Å²) in [6, 6.07) is 10.5. The van der Waals surface area contributed by atoms with Crippen molar-refractivity contribution in [3.05, 3.63) is 64.7 Å². The number of ether oxygens (including phenoxy) is 1. The van der Waals surface area contributed by atoms with E-state index in [9.17, 15) is 27.6 Å². The average molecular weight is 456 g/mol. The molecule has 0 aliphatic carbocycles. The van der Waals surface area contributed by atoms with Crippen LogP contribution in [0.4, 0.5) is 18.0 Å². The van der Waals surface area contributed by atoms with E-state index in [4.69, 9.17) is 11.6 Å². The fourth-order valence-corrected chi connectivity index (χ4v) is 3.15. The number of rotatable bonds is 6. The van der Waals surface area contributed by atoms with Crippen molar-refractivity contribution in [2.45, 2.75) is 25.4 Å². The number of nitrogens with zero attached hydrogens (tertiary/aromatic N) is 1. The van der Waals surface area contributed by atoms with Gasteiger partial charge in [0.1, 0.15) is 17.8 Å². The molecule has 4 amide bonds. The minimum atomic E-state index is -4.85. The molecule has 1 atom stereocenters. The highest BCUT2D eigenvalue weighted by Gasteiger charge is 2.49. The molecule has 31 heavy (non-hydrogen) atoms. The van der Waals surface area contributed by atoms with E-state index in [-0.39, 0.29) is 12.1 Å². The summed E-state index contributed by atoms with van der Waals surface area (Å²) in [7, 11) is 0. The quantitative estimate of drug-likeness (QED) is 0.654. The lowest BCUT2D eigenvalue weighted by Crippen LogP contribution is -2.43. The number of hydrogen-bond donors (Lipinski definition) is 2. The van der Waals surface area contributed by atoms with Gasteiger partial charge >= 0.3 is 12.4 Å². The smallest absolute Gasteiger partial charge is 0.406 e. The molecule has 3 rings (SSSR count). The van der Waals surface area contributed by atoms with E-state index in [0.717, 1.165) is 22.6 Å². The van der Waals surface area contributed by atoms with Gasteiger partial charge < -0.3 is 15.4 Å². The molecule has 2 N–H and O–H groups in total. The molecule has 0 aromatic heterocycles. The van der Waals surface area contributed by atoms with E-state index >= 15 is 0 Å². The molecule has 0 saturated carbocycles. The fraction of sp³-hybridized carbons (Fsp3) is 0.250. The highest BCUT2D eigenvalue weighted by molar-refractivity contribution is 6.30. The number of carbonyl (C=O) groups is 3. The Morgan fingerprint density at radius 2 is 1.74 bits per heavy atom. The molecule has 1 aliphatic heterocycles. The normalized spacial score (nSPS) is 18.7. The summed E-state index contributed by atoms with van der Waals surface area (Å²) in [6.07, 6.45) is -4.85. The first kappa shape index (κ1) is 22.4. The summed E-state index contributed by atoms with van der Waals surface area (Å²) in [6.45, 7) is 1.07. The lowest BCUT2D eigenvalue weighted by atomic mass is 9.92. The molecule has 0 bridgehead atoms. The second kappa shape index (κ2) is 8.46. The zero-order valence-electron chi connectivity index (χ0n) is 16.1. The Bertz CT molecular complexity index is 996. The predicted molar refractivity (Wildman–Crippen MR) is 104 cm³/mol. The van der Waals surface area contributed by atoms with E-state index < -0.39 is 42.0 Å². The third kappa shape index (κ3) is 5.26. The first-order valence-corrected chi connectivity index (χ1v) is 9.37.